The van der Waals surface area contributed by atoms with Crippen molar-refractivity contribution in [3.8, 4) is 5.75 Å². The van der Waals surface area contributed by atoms with Gasteiger partial charge in [-0.3, -0.25) is 9.59 Å². The molecular formula is C18H17FN2O3. The molecular weight excluding hydrogens is 311 g/mol. The van der Waals surface area contributed by atoms with Gasteiger partial charge in [0.25, 0.3) is 5.91 Å². The van der Waals surface area contributed by atoms with Crippen LogP contribution in [0.15, 0.2) is 42.5 Å². The van der Waals surface area contributed by atoms with Gasteiger partial charge < -0.3 is 15.4 Å². The Morgan fingerprint density at radius 2 is 1.92 bits per heavy atom. The van der Waals surface area contributed by atoms with Crippen molar-refractivity contribution in [1.82, 2.24) is 5.32 Å². The lowest BCUT2D eigenvalue weighted by Crippen LogP contribution is -2.32. The maximum atomic E-state index is 13.5. The number of carbonyl (C=O) groups excluding carboxylic acids is 2. The predicted molar refractivity (Wildman–Crippen MR) is 87.5 cm³/mol. The zero-order chi connectivity index (χ0) is 17.1. The average molecular weight is 328 g/mol. The Kier molecular flexibility index (Phi) is 4.46. The second-order valence-electron chi connectivity index (χ2n) is 5.60. The molecule has 1 aliphatic heterocycles. The molecule has 2 aromatic carbocycles. The highest BCUT2D eigenvalue weighted by Gasteiger charge is 2.24. The van der Waals surface area contributed by atoms with Crippen LogP contribution in [0.2, 0.25) is 0 Å². The molecule has 24 heavy (non-hydrogen) atoms. The van der Waals surface area contributed by atoms with Crippen LogP contribution in [0.3, 0.4) is 0 Å². The van der Waals surface area contributed by atoms with Crippen molar-refractivity contribution in [2.75, 3.05) is 11.9 Å². The summed E-state index contributed by atoms with van der Waals surface area (Å²) in [5, 5.41) is 5.55. The highest BCUT2D eigenvalue weighted by atomic mass is 19.1. The third-order valence-electron chi connectivity index (χ3n) is 3.78. The van der Waals surface area contributed by atoms with E-state index in [1.807, 2.05) is 0 Å². The maximum Gasteiger partial charge on any atom is 0.251 e. The number of hydrogen-bond donors (Lipinski definition) is 2. The topological polar surface area (TPSA) is 67.4 Å². The van der Waals surface area contributed by atoms with Crippen molar-refractivity contribution in [2.24, 2.45) is 0 Å². The smallest absolute Gasteiger partial charge is 0.251 e. The summed E-state index contributed by atoms with van der Waals surface area (Å²) in [7, 11) is 0. The minimum Gasteiger partial charge on any atom is -0.493 e. The van der Waals surface area contributed by atoms with Crippen LogP contribution in [-0.4, -0.2) is 18.4 Å². The summed E-state index contributed by atoms with van der Waals surface area (Å²) < 4.78 is 19.0. The quantitative estimate of drug-likeness (QED) is 0.910. The number of hydrogen-bond acceptors (Lipinski definition) is 3. The van der Waals surface area contributed by atoms with Gasteiger partial charge in [-0.25, -0.2) is 4.39 Å². The van der Waals surface area contributed by atoms with Crippen LogP contribution < -0.4 is 15.4 Å². The lowest BCUT2D eigenvalue weighted by molar-refractivity contribution is -0.114. The zero-order valence-electron chi connectivity index (χ0n) is 13.1. The molecule has 2 aromatic rings. The third-order valence-corrected chi connectivity index (χ3v) is 3.78. The molecule has 2 amide bonds. The highest BCUT2D eigenvalue weighted by molar-refractivity contribution is 5.95. The Morgan fingerprint density at radius 3 is 2.62 bits per heavy atom. The first kappa shape index (κ1) is 16.0. The number of fused-ring (bicyclic) bond motifs is 1. The molecule has 0 bridgehead atoms. The summed E-state index contributed by atoms with van der Waals surface area (Å²) in [6, 6.07) is 10.6. The van der Waals surface area contributed by atoms with Gasteiger partial charge >= 0.3 is 0 Å². The highest BCUT2D eigenvalue weighted by Crippen LogP contribution is 2.32. The van der Waals surface area contributed by atoms with Crippen LogP contribution >= 0.6 is 0 Å². The van der Waals surface area contributed by atoms with Gasteiger partial charge in [0.05, 0.1) is 12.6 Å². The van der Waals surface area contributed by atoms with Crippen molar-refractivity contribution in [2.45, 2.75) is 19.4 Å². The predicted octanol–water partition coefficient (Wildman–Crippen LogP) is 3.04. The van der Waals surface area contributed by atoms with E-state index in [0.717, 1.165) is 0 Å². The van der Waals surface area contributed by atoms with E-state index in [4.69, 9.17) is 4.74 Å². The lowest BCUT2D eigenvalue weighted by Gasteiger charge is -2.26. The molecule has 6 heteroatoms. The molecule has 1 aliphatic rings. The molecule has 1 unspecified atom stereocenters. The molecule has 124 valence electrons. The minimum atomic E-state index is -0.363. The Hall–Kier alpha value is -2.89. The van der Waals surface area contributed by atoms with Crippen molar-refractivity contribution >= 4 is 17.5 Å². The fraction of sp³-hybridized carbons (Fsp3) is 0.222. The molecule has 0 saturated carbocycles. The molecule has 2 N–H and O–H groups in total. The molecule has 5 nitrogen and oxygen atoms in total. The van der Waals surface area contributed by atoms with E-state index in [-0.39, 0.29) is 23.7 Å². The maximum absolute atomic E-state index is 13.5. The number of benzene rings is 2. The third kappa shape index (κ3) is 3.53. The van der Waals surface area contributed by atoms with Gasteiger partial charge in [-0.2, -0.15) is 0 Å². The van der Waals surface area contributed by atoms with Gasteiger partial charge in [-0.1, -0.05) is 0 Å². The summed E-state index contributed by atoms with van der Waals surface area (Å²) in [6.07, 6.45) is 0.576. The molecule has 3 rings (SSSR count). The largest absolute Gasteiger partial charge is 0.493 e. The normalized spacial score (nSPS) is 15.8. The molecule has 1 atom stereocenters. The van der Waals surface area contributed by atoms with Crippen LogP contribution in [-0.2, 0) is 4.79 Å². The average Bonchev–Trinajstić information content (AvgIpc) is 2.55. The van der Waals surface area contributed by atoms with E-state index in [1.165, 1.54) is 19.1 Å². The monoisotopic (exact) mass is 328 g/mol. The zero-order valence-corrected chi connectivity index (χ0v) is 13.1. The fourth-order valence-electron chi connectivity index (χ4n) is 2.67. The summed E-state index contributed by atoms with van der Waals surface area (Å²) in [5.74, 6) is -0.202. The number of nitrogens with one attached hydrogen (secondary N) is 2. The summed E-state index contributed by atoms with van der Waals surface area (Å²) >= 11 is 0. The molecule has 0 saturated heterocycles. The molecule has 0 radical (unpaired) electrons. The van der Waals surface area contributed by atoms with Gasteiger partial charge in [0.15, 0.2) is 0 Å². The summed E-state index contributed by atoms with van der Waals surface area (Å²) in [5.41, 5.74) is 1.73. The molecule has 0 spiro atoms. The second-order valence-corrected chi connectivity index (χ2v) is 5.60. The number of ether oxygens (including phenoxy) is 1. The van der Waals surface area contributed by atoms with Crippen molar-refractivity contribution in [3.05, 3.63) is 59.4 Å². The SMILES string of the molecule is CC(=O)Nc1ccc(C(=O)NC2CCOc3ccc(F)cc32)cc1. The molecule has 0 fully saturated rings. The number of amides is 2. The van der Waals surface area contributed by atoms with E-state index >= 15 is 0 Å². The fourth-order valence-corrected chi connectivity index (χ4v) is 2.67. The van der Waals surface area contributed by atoms with E-state index in [1.54, 1.807) is 30.3 Å². The first-order chi connectivity index (χ1) is 11.5. The molecule has 0 aromatic heterocycles. The second kappa shape index (κ2) is 6.70. The first-order valence-electron chi connectivity index (χ1n) is 7.64. The van der Waals surface area contributed by atoms with Gasteiger partial charge in [0, 0.05) is 30.2 Å². The Bertz CT molecular complexity index is 774. The first-order valence-corrected chi connectivity index (χ1v) is 7.64. The Balaban J connectivity index is 1.74. The van der Waals surface area contributed by atoms with E-state index in [9.17, 15) is 14.0 Å². The van der Waals surface area contributed by atoms with Crippen LogP contribution in [0.25, 0.3) is 0 Å². The van der Waals surface area contributed by atoms with Crippen molar-refractivity contribution < 1.29 is 18.7 Å². The van der Waals surface area contributed by atoms with Crippen LogP contribution in [0.5, 0.6) is 5.75 Å². The van der Waals surface area contributed by atoms with Crippen molar-refractivity contribution in [3.63, 3.8) is 0 Å². The van der Waals surface area contributed by atoms with E-state index in [0.29, 0.717) is 35.6 Å². The van der Waals surface area contributed by atoms with Crippen LogP contribution in [0.1, 0.15) is 35.3 Å². The van der Waals surface area contributed by atoms with Crippen LogP contribution in [0.4, 0.5) is 10.1 Å². The standard InChI is InChI=1S/C18H17FN2O3/c1-11(22)20-14-5-2-12(3-6-14)18(23)21-16-8-9-24-17-7-4-13(19)10-15(16)17/h2-7,10,16H,8-9H2,1H3,(H,20,22)(H,21,23). The lowest BCUT2D eigenvalue weighted by atomic mass is 10.00. The van der Waals surface area contributed by atoms with Gasteiger partial charge in [-0.15, -0.1) is 0 Å². The van der Waals surface area contributed by atoms with Crippen LogP contribution in [0, 0.1) is 5.82 Å². The molecule has 1 heterocycles. The Labute approximate surface area is 138 Å². The van der Waals surface area contributed by atoms with E-state index < -0.39 is 0 Å². The number of rotatable bonds is 3. The number of anilines is 1. The van der Waals surface area contributed by atoms with Gasteiger partial charge in [0.1, 0.15) is 11.6 Å². The number of halogens is 1. The van der Waals surface area contributed by atoms with E-state index in [2.05, 4.69) is 10.6 Å². The number of carbonyl (C=O) groups is 2. The summed E-state index contributed by atoms with van der Waals surface area (Å²) in [4.78, 5) is 23.4. The molecule has 0 aliphatic carbocycles. The Morgan fingerprint density at radius 1 is 1.17 bits per heavy atom. The summed E-state index contributed by atoms with van der Waals surface area (Å²) in [6.45, 7) is 1.88. The van der Waals surface area contributed by atoms with Gasteiger partial charge in [-0.05, 0) is 42.5 Å². The van der Waals surface area contributed by atoms with Crippen molar-refractivity contribution in [1.29, 1.82) is 0 Å². The van der Waals surface area contributed by atoms with Gasteiger partial charge in [0.2, 0.25) is 5.91 Å². The minimum absolute atomic E-state index is 0.173.